The Bertz CT molecular complexity index is 143. The zero-order valence-corrected chi connectivity index (χ0v) is 6.22. The number of amides is 1. The molecule has 0 aromatic heterocycles. The van der Waals surface area contributed by atoms with Crippen molar-refractivity contribution in [2.75, 3.05) is 6.61 Å². The summed E-state index contributed by atoms with van der Waals surface area (Å²) in [6.07, 6.45) is 0.797. The second-order valence-corrected chi connectivity index (χ2v) is 1.89. The van der Waals surface area contributed by atoms with Gasteiger partial charge in [0.05, 0.1) is 0 Å². The third kappa shape index (κ3) is 4.03. The highest BCUT2D eigenvalue weighted by Gasteiger charge is 1.93. The van der Waals surface area contributed by atoms with Crippen LogP contribution in [0.25, 0.3) is 0 Å². The van der Waals surface area contributed by atoms with Crippen molar-refractivity contribution >= 4 is 11.6 Å². The van der Waals surface area contributed by atoms with Crippen molar-refractivity contribution in [2.45, 2.75) is 20.3 Å². The van der Waals surface area contributed by atoms with Crippen molar-refractivity contribution in [3.05, 3.63) is 0 Å². The quantitative estimate of drug-likeness (QED) is 0.428. The van der Waals surface area contributed by atoms with E-state index in [1.165, 1.54) is 0 Å². The Balaban J connectivity index is 3.61. The fourth-order valence-corrected chi connectivity index (χ4v) is 0.272. The lowest BCUT2D eigenvalue weighted by Crippen LogP contribution is -2.21. The highest BCUT2D eigenvalue weighted by atomic mass is 16.3. The van der Waals surface area contributed by atoms with E-state index >= 15 is 0 Å². The van der Waals surface area contributed by atoms with Gasteiger partial charge in [-0.1, -0.05) is 6.92 Å². The summed E-state index contributed by atoms with van der Waals surface area (Å²) in [5.74, 6) is -0.479. The molecular weight excluding hydrogens is 132 g/mol. The number of hydrazone groups is 1. The Labute approximate surface area is 59.9 Å². The standard InChI is InChI=1S/C6H12N2O2/c1-3-5(2)7-8-6(10)4-9/h9H,3-4H2,1-2H3,(H,8,10)/b7-5+. The van der Waals surface area contributed by atoms with Crippen molar-refractivity contribution in [2.24, 2.45) is 5.10 Å². The van der Waals surface area contributed by atoms with Gasteiger partial charge in [0.25, 0.3) is 5.91 Å². The summed E-state index contributed by atoms with van der Waals surface area (Å²) in [5, 5.41) is 11.9. The zero-order chi connectivity index (χ0) is 7.98. The van der Waals surface area contributed by atoms with Crippen LogP contribution in [0.4, 0.5) is 0 Å². The number of rotatable bonds is 3. The van der Waals surface area contributed by atoms with Gasteiger partial charge in [0.1, 0.15) is 6.61 Å². The molecule has 0 aliphatic rings. The fourth-order valence-electron chi connectivity index (χ4n) is 0.272. The minimum atomic E-state index is -0.513. The van der Waals surface area contributed by atoms with Crippen LogP contribution in [-0.2, 0) is 4.79 Å². The number of carbonyl (C=O) groups is 1. The normalized spacial score (nSPS) is 11.3. The first-order valence-electron chi connectivity index (χ1n) is 3.13. The molecule has 0 bridgehead atoms. The average molecular weight is 144 g/mol. The molecule has 0 aliphatic carbocycles. The Morgan fingerprint density at radius 2 is 2.30 bits per heavy atom. The highest BCUT2D eigenvalue weighted by Crippen LogP contribution is 1.80. The predicted octanol–water partition coefficient (Wildman–Crippen LogP) is -0.119. The van der Waals surface area contributed by atoms with E-state index in [4.69, 9.17) is 5.11 Å². The number of hydrogen-bond acceptors (Lipinski definition) is 3. The largest absolute Gasteiger partial charge is 0.386 e. The first-order chi connectivity index (χ1) is 4.70. The average Bonchev–Trinajstić information content (AvgIpc) is 1.99. The van der Waals surface area contributed by atoms with Crippen LogP contribution < -0.4 is 5.43 Å². The fraction of sp³-hybridized carbons (Fsp3) is 0.667. The third-order valence-corrected chi connectivity index (χ3v) is 1.03. The predicted molar refractivity (Wildman–Crippen MR) is 38.6 cm³/mol. The van der Waals surface area contributed by atoms with Gasteiger partial charge in [0.15, 0.2) is 0 Å². The molecule has 0 atom stereocenters. The van der Waals surface area contributed by atoms with Gasteiger partial charge in [-0.15, -0.1) is 0 Å². The molecule has 0 fully saturated rings. The molecular formula is C6H12N2O2. The van der Waals surface area contributed by atoms with Gasteiger partial charge >= 0.3 is 0 Å². The number of carbonyl (C=O) groups excluding carboxylic acids is 1. The van der Waals surface area contributed by atoms with Crippen LogP contribution in [-0.4, -0.2) is 23.3 Å². The van der Waals surface area contributed by atoms with E-state index in [0.29, 0.717) is 0 Å². The number of aliphatic hydroxyl groups is 1. The molecule has 0 rings (SSSR count). The van der Waals surface area contributed by atoms with Crippen LogP contribution in [0, 0.1) is 0 Å². The number of aliphatic hydroxyl groups excluding tert-OH is 1. The molecule has 1 amide bonds. The molecule has 2 N–H and O–H groups in total. The van der Waals surface area contributed by atoms with Gasteiger partial charge in [-0.05, 0) is 13.3 Å². The highest BCUT2D eigenvalue weighted by molar-refractivity contribution is 5.84. The molecule has 10 heavy (non-hydrogen) atoms. The van der Waals surface area contributed by atoms with E-state index in [1.807, 2.05) is 6.92 Å². The van der Waals surface area contributed by atoms with E-state index < -0.39 is 12.5 Å². The first kappa shape index (κ1) is 9.10. The first-order valence-corrected chi connectivity index (χ1v) is 3.13. The van der Waals surface area contributed by atoms with E-state index in [-0.39, 0.29) is 0 Å². The molecule has 4 heteroatoms. The number of nitrogens with one attached hydrogen (secondary N) is 1. The van der Waals surface area contributed by atoms with Crippen LogP contribution in [0.3, 0.4) is 0 Å². The van der Waals surface area contributed by atoms with Crippen molar-refractivity contribution < 1.29 is 9.90 Å². The smallest absolute Gasteiger partial charge is 0.265 e. The van der Waals surface area contributed by atoms with Gasteiger partial charge in [0, 0.05) is 5.71 Å². The van der Waals surface area contributed by atoms with E-state index in [0.717, 1.165) is 12.1 Å². The molecule has 0 heterocycles. The van der Waals surface area contributed by atoms with Gasteiger partial charge in [0.2, 0.25) is 0 Å². The lowest BCUT2D eigenvalue weighted by Gasteiger charge is -1.95. The van der Waals surface area contributed by atoms with Crippen LogP contribution in [0.2, 0.25) is 0 Å². The molecule has 0 aliphatic heterocycles. The number of hydrogen-bond donors (Lipinski definition) is 2. The number of nitrogens with zero attached hydrogens (tertiary/aromatic N) is 1. The zero-order valence-electron chi connectivity index (χ0n) is 6.22. The molecule has 0 unspecified atom stereocenters. The molecule has 0 radical (unpaired) electrons. The van der Waals surface area contributed by atoms with Crippen molar-refractivity contribution in [3.8, 4) is 0 Å². The van der Waals surface area contributed by atoms with Crippen LogP contribution in [0.1, 0.15) is 20.3 Å². The van der Waals surface area contributed by atoms with Crippen molar-refractivity contribution in [1.82, 2.24) is 5.43 Å². The summed E-state index contributed by atoms with van der Waals surface area (Å²) >= 11 is 0. The molecule has 0 saturated heterocycles. The second kappa shape index (κ2) is 4.93. The Morgan fingerprint density at radius 1 is 1.70 bits per heavy atom. The monoisotopic (exact) mass is 144 g/mol. The lowest BCUT2D eigenvalue weighted by molar-refractivity contribution is -0.123. The Kier molecular flexibility index (Phi) is 4.49. The van der Waals surface area contributed by atoms with E-state index in [1.54, 1.807) is 6.92 Å². The maximum atomic E-state index is 10.4. The summed E-state index contributed by atoms with van der Waals surface area (Å²) in [6, 6.07) is 0. The van der Waals surface area contributed by atoms with E-state index in [2.05, 4.69) is 10.5 Å². The van der Waals surface area contributed by atoms with Crippen LogP contribution in [0.15, 0.2) is 5.10 Å². The van der Waals surface area contributed by atoms with E-state index in [9.17, 15) is 4.79 Å². The van der Waals surface area contributed by atoms with Gasteiger partial charge in [-0.2, -0.15) is 5.10 Å². The summed E-state index contributed by atoms with van der Waals surface area (Å²) in [5.41, 5.74) is 3.02. The SMILES string of the molecule is CC/C(C)=N/NC(=O)CO. The molecule has 4 nitrogen and oxygen atoms in total. The molecule has 0 aromatic rings. The summed E-state index contributed by atoms with van der Waals surface area (Å²) in [4.78, 5) is 10.4. The summed E-state index contributed by atoms with van der Waals surface area (Å²) in [6.45, 7) is 3.22. The molecule has 0 saturated carbocycles. The Morgan fingerprint density at radius 3 is 2.70 bits per heavy atom. The maximum Gasteiger partial charge on any atom is 0.265 e. The second-order valence-electron chi connectivity index (χ2n) is 1.89. The molecule has 0 aromatic carbocycles. The van der Waals surface area contributed by atoms with Crippen molar-refractivity contribution in [3.63, 3.8) is 0 Å². The summed E-state index contributed by atoms with van der Waals surface area (Å²) in [7, 11) is 0. The lowest BCUT2D eigenvalue weighted by atomic mass is 10.3. The molecule has 0 spiro atoms. The maximum absolute atomic E-state index is 10.4. The Hall–Kier alpha value is -0.900. The van der Waals surface area contributed by atoms with Gasteiger partial charge < -0.3 is 5.11 Å². The molecule has 58 valence electrons. The topological polar surface area (TPSA) is 61.7 Å². The summed E-state index contributed by atoms with van der Waals surface area (Å²) < 4.78 is 0. The van der Waals surface area contributed by atoms with Gasteiger partial charge in [-0.25, -0.2) is 5.43 Å². The van der Waals surface area contributed by atoms with Crippen LogP contribution in [0.5, 0.6) is 0 Å². The van der Waals surface area contributed by atoms with Gasteiger partial charge in [-0.3, -0.25) is 4.79 Å². The minimum absolute atomic E-state index is 0.479. The third-order valence-electron chi connectivity index (χ3n) is 1.03. The van der Waals surface area contributed by atoms with Crippen molar-refractivity contribution in [1.29, 1.82) is 0 Å². The van der Waals surface area contributed by atoms with Crippen LogP contribution >= 0.6 is 0 Å². The minimum Gasteiger partial charge on any atom is -0.386 e.